The van der Waals surface area contributed by atoms with Gasteiger partial charge in [0, 0.05) is 22.8 Å². The monoisotopic (exact) mass is 233 g/mol. The molecule has 1 rings (SSSR count). The van der Waals surface area contributed by atoms with Crippen LogP contribution in [0.3, 0.4) is 0 Å². The number of hydrogen-bond donors (Lipinski definition) is 0. The van der Waals surface area contributed by atoms with Gasteiger partial charge in [-0.2, -0.15) is 0 Å². The molecule has 0 aliphatic rings. The summed E-state index contributed by atoms with van der Waals surface area (Å²) in [6, 6.07) is 0. The lowest BCUT2D eigenvalue weighted by atomic mass is 10.3. The minimum atomic E-state index is -0.335. The zero-order valence-corrected chi connectivity index (χ0v) is 8.27. The molecular weight excluding hydrogens is 225 g/mol. The topological polar surface area (TPSA) is 22.1 Å². The number of halogens is 2. The van der Waals surface area contributed by atoms with Crippen LogP contribution in [0.2, 0.25) is 0 Å². The van der Waals surface area contributed by atoms with Crippen LogP contribution in [0, 0.1) is 5.82 Å². The number of ether oxygens (including phenoxy) is 1. The maximum atomic E-state index is 13.0. The first-order valence-electron chi connectivity index (χ1n) is 3.61. The van der Waals surface area contributed by atoms with Gasteiger partial charge in [-0.25, -0.2) is 4.39 Å². The summed E-state index contributed by atoms with van der Waals surface area (Å²) in [5.41, 5.74) is 0.520. The fourth-order valence-electron chi connectivity index (χ4n) is 0.780. The van der Waals surface area contributed by atoms with Crippen LogP contribution in [0.25, 0.3) is 0 Å². The molecule has 0 spiro atoms. The van der Waals surface area contributed by atoms with Crippen molar-refractivity contribution in [1.29, 1.82) is 0 Å². The normalized spacial score (nSPS) is 10.2. The fourth-order valence-corrected chi connectivity index (χ4v) is 1.20. The fraction of sp³-hybridized carbons (Fsp3) is 0.375. The van der Waals surface area contributed by atoms with E-state index in [2.05, 4.69) is 20.9 Å². The van der Waals surface area contributed by atoms with E-state index in [1.165, 1.54) is 6.20 Å². The zero-order valence-electron chi connectivity index (χ0n) is 6.68. The van der Waals surface area contributed by atoms with Gasteiger partial charge in [0.15, 0.2) is 0 Å². The summed E-state index contributed by atoms with van der Waals surface area (Å²) in [7, 11) is 0. The Bertz CT molecular complexity index is 247. The van der Waals surface area contributed by atoms with Crippen molar-refractivity contribution in [2.24, 2.45) is 0 Å². The molecule has 0 unspecified atom stereocenters. The van der Waals surface area contributed by atoms with Gasteiger partial charge < -0.3 is 4.74 Å². The highest BCUT2D eigenvalue weighted by molar-refractivity contribution is 9.10. The van der Waals surface area contributed by atoms with Gasteiger partial charge in [0.05, 0.1) is 12.8 Å². The number of aromatic nitrogens is 1. The van der Waals surface area contributed by atoms with Crippen LogP contribution >= 0.6 is 15.9 Å². The van der Waals surface area contributed by atoms with E-state index in [0.717, 1.165) is 0 Å². The second-order valence-electron chi connectivity index (χ2n) is 2.22. The van der Waals surface area contributed by atoms with E-state index in [1.807, 2.05) is 6.92 Å². The summed E-state index contributed by atoms with van der Waals surface area (Å²) in [6.07, 6.45) is 2.73. The van der Waals surface area contributed by atoms with Gasteiger partial charge in [0.1, 0.15) is 5.82 Å². The lowest BCUT2D eigenvalue weighted by Gasteiger charge is -2.04. The van der Waals surface area contributed by atoms with E-state index in [9.17, 15) is 4.39 Å². The van der Waals surface area contributed by atoms with Crippen molar-refractivity contribution in [1.82, 2.24) is 4.98 Å². The quantitative estimate of drug-likeness (QED) is 0.801. The van der Waals surface area contributed by atoms with Gasteiger partial charge in [-0.1, -0.05) is 0 Å². The van der Waals surface area contributed by atoms with Crippen LogP contribution < -0.4 is 0 Å². The molecule has 0 amide bonds. The summed E-state index contributed by atoms with van der Waals surface area (Å²) >= 11 is 3.19. The number of rotatable bonds is 3. The SMILES string of the molecule is CCOCc1c(F)cncc1Br. The Kier molecular flexibility index (Phi) is 3.62. The molecule has 0 bridgehead atoms. The third-order valence-electron chi connectivity index (χ3n) is 1.40. The van der Waals surface area contributed by atoms with Crippen LogP contribution in [-0.4, -0.2) is 11.6 Å². The highest BCUT2D eigenvalue weighted by Gasteiger charge is 2.05. The Morgan fingerprint density at radius 2 is 2.33 bits per heavy atom. The van der Waals surface area contributed by atoms with Crippen molar-refractivity contribution >= 4 is 15.9 Å². The summed E-state index contributed by atoms with van der Waals surface area (Å²) < 4.78 is 18.7. The summed E-state index contributed by atoms with van der Waals surface area (Å²) in [5, 5.41) is 0. The average Bonchev–Trinajstić information content (AvgIpc) is 2.04. The van der Waals surface area contributed by atoms with Crippen molar-refractivity contribution in [3.05, 3.63) is 28.2 Å². The highest BCUT2D eigenvalue weighted by atomic mass is 79.9. The van der Waals surface area contributed by atoms with Crippen LogP contribution in [0.1, 0.15) is 12.5 Å². The zero-order chi connectivity index (χ0) is 8.97. The highest BCUT2D eigenvalue weighted by Crippen LogP contribution is 2.18. The average molecular weight is 234 g/mol. The Morgan fingerprint density at radius 3 is 2.92 bits per heavy atom. The molecule has 2 nitrogen and oxygen atoms in total. The van der Waals surface area contributed by atoms with Crippen molar-refractivity contribution in [3.63, 3.8) is 0 Å². The Balaban J connectivity index is 2.81. The molecule has 0 radical (unpaired) electrons. The van der Waals surface area contributed by atoms with Gasteiger partial charge in [0.25, 0.3) is 0 Å². The summed E-state index contributed by atoms with van der Waals surface area (Å²) in [4.78, 5) is 3.68. The summed E-state index contributed by atoms with van der Waals surface area (Å²) in [6.45, 7) is 2.73. The molecule has 0 saturated heterocycles. The Hall–Kier alpha value is -0.480. The number of nitrogens with zero attached hydrogens (tertiary/aromatic N) is 1. The smallest absolute Gasteiger partial charge is 0.148 e. The van der Waals surface area contributed by atoms with Crippen molar-refractivity contribution in [2.45, 2.75) is 13.5 Å². The van der Waals surface area contributed by atoms with E-state index in [4.69, 9.17) is 4.74 Å². The predicted octanol–water partition coefficient (Wildman–Crippen LogP) is 2.52. The number of pyridine rings is 1. The van der Waals surface area contributed by atoms with E-state index in [0.29, 0.717) is 16.6 Å². The number of hydrogen-bond acceptors (Lipinski definition) is 2. The second-order valence-corrected chi connectivity index (χ2v) is 3.07. The first-order valence-corrected chi connectivity index (χ1v) is 4.40. The lowest BCUT2D eigenvalue weighted by Crippen LogP contribution is -1.97. The molecule has 0 aromatic carbocycles. The van der Waals surface area contributed by atoms with Crippen LogP contribution in [-0.2, 0) is 11.3 Å². The molecular formula is C8H9BrFNO. The Labute approximate surface area is 78.9 Å². The van der Waals surface area contributed by atoms with Gasteiger partial charge in [-0.15, -0.1) is 0 Å². The van der Waals surface area contributed by atoms with Crippen LogP contribution in [0.15, 0.2) is 16.9 Å². The second kappa shape index (κ2) is 4.52. The molecule has 12 heavy (non-hydrogen) atoms. The maximum Gasteiger partial charge on any atom is 0.148 e. The molecule has 1 heterocycles. The first-order chi connectivity index (χ1) is 5.75. The van der Waals surface area contributed by atoms with E-state index in [-0.39, 0.29) is 12.4 Å². The lowest BCUT2D eigenvalue weighted by molar-refractivity contribution is 0.131. The van der Waals surface area contributed by atoms with Crippen molar-refractivity contribution in [3.8, 4) is 0 Å². The molecule has 66 valence electrons. The van der Waals surface area contributed by atoms with E-state index in [1.54, 1.807) is 6.20 Å². The third kappa shape index (κ3) is 2.25. The van der Waals surface area contributed by atoms with E-state index >= 15 is 0 Å². The molecule has 0 aliphatic heterocycles. The molecule has 0 fully saturated rings. The first kappa shape index (κ1) is 9.61. The van der Waals surface area contributed by atoms with Crippen LogP contribution in [0.5, 0.6) is 0 Å². The van der Waals surface area contributed by atoms with Gasteiger partial charge in [-0.3, -0.25) is 4.98 Å². The van der Waals surface area contributed by atoms with Gasteiger partial charge in [-0.05, 0) is 22.9 Å². The minimum absolute atomic E-state index is 0.283. The van der Waals surface area contributed by atoms with Crippen LogP contribution in [0.4, 0.5) is 4.39 Å². The molecule has 0 atom stereocenters. The molecule has 0 N–H and O–H groups in total. The third-order valence-corrected chi connectivity index (χ3v) is 2.09. The Morgan fingerprint density at radius 1 is 1.58 bits per heavy atom. The molecule has 0 aliphatic carbocycles. The van der Waals surface area contributed by atoms with Gasteiger partial charge in [0.2, 0.25) is 0 Å². The molecule has 1 aromatic heterocycles. The van der Waals surface area contributed by atoms with E-state index < -0.39 is 0 Å². The molecule has 1 aromatic rings. The predicted molar refractivity (Wildman–Crippen MR) is 47.2 cm³/mol. The van der Waals surface area contributed by atoms with Crippen molar-refractivity contribution < 1.29 is 9.13 Å². The largest absolute Gasteiger partial charge is 0.377 e. The van der Waals surface area contributed by atoms with Gasteiger partial charge >= 0.3 is 0 Å². The maximum absolute atomic E-state index is 13.0. The summed E-state index contributed by atoms with van der Waals surface area (Å²) in [5.74, 6) is -0.335. The van der Waals surface area contributed by atoms with Crippen molar-refractivity contribution in [2.75, 3.05) is 6.61 Å². The standard InChI is InChI=1S/C8H9BrFNO/c1-2-12-5-6-7(9)3-11-4-8(6)10/h3-4H,2,5H2,1H3. The molecule has 0 saturated carbocycles. The minimum Gasteiger partial charge on any atom is -0.377 e. The molecule has 4 heteroatoms.